The molecule has 0 heterocycles. The van der Waals surface area contributed by atoms with Gasteiger partial charge in [-0.25, -0.2) is 0 Å². The van der Waals surface area contributed by atoms with Crippen LogP contribution in [0.3, 0.4) is 0 Å². The number of nitrogens with one attached hydrogen (secondary N) is 1. The zero-order valence-electron chi connectivity index (χ0n) is 5.78. The molecule has 0 aromatic heterocycles. The molecule has 0 radical (unpaired) electrons. The summed E-state index contributed by atoms with van der Waals surface area (Å²) in [4.78, 5) is 0. The van der Waals surface area contributed by atoms with Gasteiger partial charge in [-0.2, -0.15) is 0 Å². The van der Waals surface area contributed by atoms with Crippen LogP contribution in [0.25, 0.3) is 0 Å². The van der Waals surface area contributed by atoms with E-state index in [9.17, 15) is 0 Å². The first-order valence-electron chi connectivity index (χ1n) is 2.89. The average Bonchev–Trinajstić information content (AvgIpc) is 1.65. The third kappa shape index (κ3) is 3.59. The minimum absolute atomic E-state index is 0.643. The van der Waals surface area contributed by atoms with Crippen LogP contribution in [0.4, 0.5) is 0 Å². The van der Waals surface area contributed by atoms with Crippen LogP contribution >= 0.6 is 0 Å². The average molecular weight is 111 g/mol. The molecule has 0 rings (SSSR count). The Kier molecular flexibility index (Phi) is 3.16. The van der Waals surface area contributed by atoms with E-state index in [1.807, 2.05) is 13.0 Å². The van der Waals surface area contributed by atoms with Gasteiger partial charge in [-0.15, -0.1) is 0 Å². The summed E-state index contributed by atoms with van der Waals surface area (Å²) < 4.78 is 0. The van der Waals surface area contributed by atoms with Gasteiger partial charge in [0.1, 0.15) is 0 Å². The summed E-state index contributed by atoms with van der Waals surface area (Å²) in [6.45, 7) is 5.92. The van der Waals surface area contributed by atoms with Crippen molar-refractivity contribution in [2.45, 2.75) is 27.2 Å². The van der Waals surface area contributed by atoms with Gasteiger partial charge in [0.05, 0.1) is 0 Å². The molecule has 0 aliphatic carbocycles. The summed E-state index contributed by atoms with van der Waals surface area (Å²) >= 11 is 0. The van der Waals surface area contributed by atoms with E-state index in [4.69, 9.17) is 5.41 Å². The zero-order chi connectivity index (χ0) is 6.57. The number of rotatable bonds is 2. The van der Waals surface area contributed by atoms with Gasteiger partial charge in [0.2, 0.25) is 0 Å². The van der Waals surface area contributed by atoms with Crippen molar-refractivity contribution in [1.82, 2.24) is 0 Å². The second-order valence-corrected chi connectivity index (χ2v) is 2.03. The molecule has 1 nitrogen and oxygen atoms in total. The van der Waals surface area contributed by atoms with Crippen LogP contribution in [-0.2, 0) is 0 Å². The van der Waals surface area contributed by atoms with E-state index in [1.54, 1.807) is 6.92 Å². The molecule has 0 atom stereocenters. The highest BCUT2D eigenvalue weighted by atomic mass is 14.4. The third-order valence-electron chi connectivity index (χ3n) is 1.02. The second kappa shape index (κ2) is 3.42. The van der Waals surface area contributed by atoms with E-state index >= 15 is 0 Å². The second-order valence-electron chi connectivity index (χ2n) is 2.03. The predicted octanol–water partition coefficient (Wildman–Crippen LogP) is 2.38. The fraction of sp³-hybridized carbons (Fsp3) is 0.571. The molecule has 46 valence electrons. The molecule has 0 aliphatic rings. The van der Waals surface area contributed by atoms with Gasteiger partial charge in [0.25, 0.3) is 0 Å². The molecule has 0 amide bonds. The molecule has 8 heavy (non-hydrogen) atoms. The highest BCUT2D eigenvalue weighted by Crippen LogP contribution is 1.96. The Labute approximate surface area is 50.9 Å². The van der Waals surface area contributed by atoms with Crippen molar-refractivity contribution in [3.05, 3.63) is 11.6 Å². The summed E-state index contributed by atoms with van der Waals surface area (Å²) in [5, 5.41) is 7.05. The molecule has 0 aromatic carbocycles. The Morgan fingerprint density at radius 3 is 2.12 bits per heavy atom. The number of hydrogen-bond donors (Lipinski definition) is 1. The quantitative estimate of drug-likeness (QED) is 0.529. The molecule has 0 saturated carbocycles. The maximum atomic E-state index is 7.05. The highest BCUT2D eigenvalue weighted by Gasteiger charge is 1.82. The fourth-order valence-electron chi connectivity index (χ4n) is 0.472. The molecule has 0 aliphatic heterocycles. The Morgan fingerprint density at radius 2 is 2.00 bits per heavy atom. The topological polar surface area (TPSA) is 23.9 Å². The molecule has 0 unspecified atom stereocenters. The Hall–Kier alpha value is -0.590. The molecule has 0 fully saturated rings. The Balaban J connectivity index is 3.75. The number of hydrogen-bond acceptors (Lipinski definition) is 1. The standard InChI is InChI=1S/C7H13N/c1-4-6(2)5-7(3)8/h5,8H,4H2,1-3H3/b6-5-,8-7?. The molecular formula is C7H13N. The Bertz CT molecular complexity index is 112. The molecule has 1 heteroatoms. The lowest BCUT2D eigenvalue weighted by Crippen LogP contribution is -1.81. The lowest BCUT2D eigenvalue weighted by atomic mass is 10.2. The van der Waals surface area contributed by atoms with Gasteiger partial charge in [-0.1, -0.05) is 12.5 Å². The monoisotopic (exact) mass is 111 g/mol. The SMILES string of the molecule is CC/C(C)=C\C(C)=N. The van der Waals surface area contributed by atoms with E-state index in [2.05, 4.69) is 6.92 Å². The first-order valence-corrected chi connectivity index (χ1v) is 2.89. The minimum atomic E-state index is 0.643. The number of allylic oxidation sites excluding steroid dienone is 2. The molecule has 1 N–H and O–H groups in total. The highest BCUT2D eigenvalue weighted by molar-refractivity contribution is 5.90. The maximum Gasteiger partial charge on any atom is 0.0282 e. The molecule has 0 aromatic rings. The first-order chi connectivity index (χ1) is 3.66. The lowest BCUT2D eigenvalue weighted by Gasteiger charge is -1.90. The maximum absolute atomic E-state index is 7.05. The van der Waals surface area contributed by atoms with Gasteiger partial charge in [0, 0.05) is 5.71 Å². The molecule has 0 saturated heterocycles. The smallest absolute Gasteiger partial charge is 0.0282 e. The predicted molar refractivity (Wildman–Crippen MR) is 37.4 cm³/mol. The van der Waals surface area contributed by atoms with Gasteiger partial charge < -0.3 is 5.41 Å². The van der Waals surface area contributed by atoms with Crippen molar-refractivity contribution < 1.29 is 0 Å². The van der Waals surface area contributed by atoms with E-state index in [-0.39, 0.29) is 0 Å². The summed E-state index contributed by atoms with van der Waals surface area (Å²) in [6, 6.07) is 0. The van der Waals surface area contributed by atoms with Gasteiger partial charge >= 0.3 is 0 Å². The minimum Gasteiger partial charge on any atom is -0.306 e. The zero-order valence-corrected chi connectivity index (χ0v) is 5.78. The third-order valence-corrected chi connectivity index (χ3v) is 1.02. The van der Waals surface area contributed by atoms with Crippen LogP contribution in [0.5, 0.6) is 0 Å². The summed E-state index contributed by atoms with van der Waals surface area (Å²) in [6.07, 6.45) is 2.94. The van der Waals surface area contributed by atoms with Gasteiger partial charge in [-0.3, -0.25) is 0 Å². The van der Waals surface area contributed by atoms with Crippen LogP contribution in [0.15, 0.2) is 11.6 Å². The summed E-state index contributed by atoms with van der Waals surface area (Å²) in [5.41, 5.74) is 1.92. The van der Waals surface area contributed by atoms with Crippen LogP contribution in [0.1, 0.15) is 27.2 Å². The van der Waals surface area contributed by atoms with E-state index < -0.39 is 0 Å². The van der Waals surface area contributed by atoms with Crippen molar-refractivity contribution in [3.63, 3.8) is 0 Å². The van der Waals surface area contributed by atoms with E-state index in [1.165, 1.54) is 5.57 Å². The molecular weight excluding hydrogens is 98.1 g/mol. The molecule has 0 spiro atoms. The van der Waals surface area contributed by atoms with Crippen molar-refractivity contribution >= 4 is 5.71 Å². The van der Waals surface area contributed by atoms with Gasteiger partial charge in [-0.05, 0) is 26.3 Å². The first kappa shape index (κ1) is 7.41. The van der Waals surface area contributed by atoms with Crippen LogP contribution < -0.4 is 0 Å². The van der Waals surface area contributed by atoms with Gasteiger partial charge in [0.15, 0.2) is 0 Å². The summed E-state index contributed by atoms with van der Waals surface area (Å²) in [5.74, 6) is 0. The van der Waals surface area contributed by atoms with Crippen LogP contribution in [0, 0.1) is 5.41 Å². The van der Waals surface area contributed by atoms with Crippen LogP contribution in [0.2, 0.25) is 0 Å². The summed E-state index contributed by atoms with van der Waals surface area (Å²) in [7, 11) is 0. The van der Waals surface area contributed by atoms with Crippen molar-refractivity contribution in [2.24, 2.45) is 0 Å². The van der Waals surface area contributed by atoms with Crippen molar-refractivity contribution in [3.8, 4) is 0 Å². The van der Waals surface area contributed by atoms with Crippen molar-refractivity contribution in [2.75, 3.05) is 0 Å². The van der Waals surface area contributed by atoms with E-state index in [0.717, 1.165) is 6.42 Å². The van der Waals surface area contributed by atoms with E-state index in [0.29, 0.717) is 5.71 Å². The lowest BCUT2D eigenvalue weighted by molar-refractivity contribution is 1.10. The van der Waals surface area contributed by atoms with Crippen LogP contribution in [-0.4, -0.2) is 5.71 Å². The van der Waals surface area contributed by atoms with Crippen molar-refractivity contribution in [1.29, 1.82) is 5.41 Å². The Morgan fingerprint density at radius 1 is 1.50 bits per heavy atom. The normalized spacial score (nSPS) is 11.6. The molecule has 0 bridgehead atoms. The largest absolute Gasteiger partial charge is 0.306 e. The fourth-order valence-corrected chi connectivity index (χ4v) is 0.472.